The van der Waals surface area contributed by atoms with E-state index in [9.17, 15) is 18.0 Å². The lowest BCUT2D eigenvalue weighted by molar-refractivity contribution is -0.134. The number of hydrogen-bond acceptors (Lipinski definition) is 5. The van der Waals surface area contributed by atoms with E-state index in [1.807, 2.05) is 30.3 Å². The van der Waals surface area contributed by atoms with Crippen molar-refractivity contribution in [2.75, 3.05) is 13.2 Å². The Hall–Kier alpha value is -1.48. The summed E-state index contributed by atoms with van der Waals surface area (Å²) in [6.07, 6.45) is -5.66. The van der Waals surface area contributed by atoms with Gasteiger partial charge in [-0.15, -0.1) is 0 Å². The van der Waals surface area contributed by atoms with Crippen LogP contribution in [-0.4, -0.2) is 40.7 Å². The molecular weight excluding hydrogens is 399 g/mol. The fourth-order valence-corrected chi connectivity index (χ4v) is 3.35. The number of benzene rings is 1. The summed E-state index contributed by atoms with van der Waals surface area (Å²) < 4.78 is 48.8. The van der Waals surface area contributed by atoms with E-state index in [1.165, 1.54) is 0 Å². The predicted octanol–water partition coefficient (Wildman–Crippen LogP) is 5.11. The van der Waals surface area contributed by atoms with Crippen LogP contribution in [0, 0.1) is 0 Å². The van der Waals surface area contributed by atoms with E-state index in [0.29, 0.717) is 6.42 Å². The maximum Gasteiger partial charge on any atom is 0.407 e. The molecule has 27 heavy (non-hydrogen) atoms. The van der Waals surface area contributed by atoms with Gasteiger partial charge in [0.2, 0.25) is 4.38 Å². The topological polar surface area (TPSA) is 47.6 Å². The fourth-order valence-electron chi connectivity index (χ4n) is 1.99. The van der Waals surface area contributed by atoms with E-state index in [4.69, 9.17) is 21.7 Å². The molecule has 0 saturated heterocycles. The average molecular weight is 424 g/mol. The molecular formula is C18H24F3NO3S2. The number of thiocarbonyl (C=S) groups is 1. The molecule has 1 atom stereocenters. The first-order chi connectivity index (χ1) is 12.4. The molecule has 0 aliphatic heterocycles. The van der Waals surface area contributed by atoms with E-state index in [1.54, 1.807) is 20.8 Å². The largest absolute Gasteiger partial charge is 0.478 e. The summed E-state index contributed by atoms with van der Waals surface area (Å²) in [6, 6.07) is 9.53. The first-order valence-electron chi connectivity index (χ1n) is 8.35. The van der Waals surface area contributed by atoms with Crippen LogP contribution >= 0.6 is 24.0 Å². The molecule has 1 rings (SSSR count). The Labute approximate surface area is 167 Å². The van der Waals surface area contributed by atoms with Crippen molar-refractivity contribution in [2.24, 2.45) is 0 Å². The van der Waals surface area contributed by atoms with Gasteiger partial charge in [0, 0.05) is 18.2 Å². The zero-order chi connectivity index (χ0) is 20.5. The number of rotatable bonds is 7. The second-order valence-corrected chi connectivity index (χ2v) is 8.68. The molecule has 0 aliphatic rings. The Kier molecular flexibility index (Phi) is 9.38. The lowest BCUT2D eigenvalue weighted by Gasteiger charge is -2.22. The predicted molar refractivity (Wildman–Crippen MR) is 105 cm³/mol. The first-order valence-corrected chi connectivity index (χ1v) is 9.64. The van der Waals surface area contributed by atoms with Crippen molar-refractivity contribution in [2.45, 2.75) is 50.6 Å². The third-order valence-corrected chi connectivity index (χ3v) is 4.43. The van der Waals surface area contributed by atoms with Crippen molar-refractivity contribution in [1.29, 1.82) is 0 Å². The molecule has 1 aromatic rings. The van der Waals surface area contributed by atoms with Crippen LogP contribution in [0.25, 0.3) is 0 Å². The van der Waals surface area contributed by atoms with Gasteiger partial charge in [-0.3, -0.25) is 0 Å². The fraction of sp³-hybridized carbons (Fsp3) is 0.556. The van der Waals surface area contributed by atoms with Crippen LogP contribution < -0.4 is 5.32 Å². The molecule has 1 N–H and O–H groups in total. The maximum atomic E-state index is 12.8. The van der Waals surface area contributed by atoms with E-state index >= 15 is 0 Å². The number of alkyl halides is 3. The number of hydrogen-bond donors (Lipinski definition) is 1. The van der Waals surface area contributed by atoms with Crippen molar-refractivity contribution in [3.05, 3.63) is 35.9 Å². The summed E-state index contributed by atoms with van der Waals surface area (Å²) in [7, 11) is 0. The first kappa shape index (κ1) is 23.6. The third kappa shape index (κ3) is 12.5. The lowest BCUT2D eigenvalue weighted by Crippen LogP contribution is -2.37. The Morgan fingerprint density at radius 1 is 1.22 bits per heavy atom. The highest BCUT2D eigenvalue weighted by atomic mass is 32.2. The molecule has 1 aromatic carbocycles. The molecule has 4 nitrogen and oxygen atoms in total. The molecule has 1 amide bonds. The molecule has 0 heterocycles. The minimum absolute atomic E-state index is 0.0196. The quantitative estimate of drug-likeness (QED) is 0.618. The molecule has 0 spiro atoms. The molecule has 0 aromatic heterocycles. The normalized spacial score (nSPS) is 13.0. The second-order valence-electron chi connectivity index (χ2n) is 6.78. The summed E-state index contributed by atoms with van der Waals surface area (Å²) in [5, 5.41) is 1.35. The Bertz CT molecular complexity index is 604. The third-order valence-electron chi connectivity index (χ3n) is 3.05. The van der Waals surface area contributed by atoms with Crippen LogP contribution in [-0.2, 0) is 15.9 Å². The highest BCUT2D eigenvalue weighted by Gasteiger charge is 2.33. The highest BCUT2D eigenvalue weighted by molar-refractivity contribution is 8.23. The van der Waals surface area contributed by atoms with Gasteiger partial charge in [-0.2, -0.15) is 13.2 Å². The van der Waals surface area contributed by atoms with Crippen LogP contribution in [0.2, 0.25) is 0 Å². The van der Waals surface area contributed by atoms with Gasteiger partial charge in [0.25, 0.3) is 0 Å². The van der Waals surface area contributed by atoms with Crippen molar-refractivity contribution in [3.8, 4) is 0 Å². The smallest absolute Gasteiger partial charge is 0.407 e. The number of thioether (sulfide) groups is 1. The van der Waals surface area contributed by atoms with E-state index in [-0.39, 0.29) is 17.5 Å². The van der Waals surface area contributed by atoms with Crippen LogP contribution in [0.1, 0.15) is 32.8 Å². The molecule has 0 bridgehead atoms. The number of carbonyl (C=O) groups is 1. The van der Waals surface area contributed by atoms with Gasteiger partial charge in [-0.1, -0.05) is 42.1 Å². The standard InChI is InChI=1S/C18H24F3NO3S2/c1-17(2,3)25-15(23)22-12-14(11-18(19,20)21)27-16(26)24-10-9-13-7-5-4-6-8-13/h4-8,14H,9-12H2,1-3H3,(H,22,23). The van der Waals surface area contributed by atoms with Crippen molar-refractivity contribution in [1.82, 2.24) is 5.32 Å². The van der Waals surface area contributed by atoms with Gasteiger partial charge >= 0.3 is 12.3 Å². The summed E-state index contributed by atoms with van der Waals surface area (Å²) >= 11 is 5.82. The lowest BCUT2D eigenvalue weighted by atomic mass is 10.2. The van der Waals surface area contributed by atoms with Crippen LogP contribution in [0.5, 0.6) is 0 Å². The summed E-state index contributed by atoms with van der Waals surface area (Å²) in [5.74, 6) is 0. The molecule has 0 aliphatic carbocycles. The zero-order valence-corrected chi connectivity index (χ0v) is 17.1. The maximum absolute atomic E-state index is 12.8. The van der Waals surface area contributed by atoms with E-state index < -0.39 is 29.5 Å². The van der Waals surface area contributed by atoms with Crippen LogP contribution in [0.4, 0.5) is 18.0 Å². The summed E-state index contributed by atoms with van der Waals surface area (Å²) in [5.41, 5.74) is 0.316. The molecule has 0 radical (unpaired) electrons. The average Bonchev–Trinajstić information content (AvgIpc) is 2.50. The SMILES string of the molecule is CC(C)(C)OC(=O)NCC(CC(F)(F)F)SC(=S)OCCc1ccccc1. The number of carbonyl (C=O) groups excluding carboxylic acids is 1. The van der Waals surface area contributed by atoms with Crippen molar-refractivity contribution < 1.29 is 27.4 Å². The molecule has 1 unspecified atom stereocenters. The minimum atomic E-state index is -4.38. The summed E-state index contributed by atoms with van der Waals surface area (Å²) in [4.78, 5) is 11.7. The monoisotopic (exact) mass is 423 g/mol. The minimum Gasteiger partial charge on any atom is -0.478 e. The number of halogens is 3. The molecule has 0 fully saturated rings. The molecule has 9 heteroatoms. The van der Waals surface area contributed by atoms with Gasteiger partial charge in [0.15, 0.2) is 0 Å². The summed E-state index contributed by atoms with van der Waals surface area (Å²) in [6.45, 7) is 5.05. The number of amides is 1. The van der Waals surface area contributed by atoms with Gasteiger partial charge in [0.1, 0.15) is 5.60 Å². The number of nitrogens with one attached hydrogen (secondary N) is 1. The van der Waals surface area contributed by atoms with E-state index in [2.05, 4.69) is 5.32 Å². The molecule has 152 valence electrons. The molecule has 0 saturated carbocycles. The van der Waals surface area contributed by atoms with Gasteiger partial charge in [-0.05, 0) is 38.6 Å². The van der Waals surface area contributed by atoms with Gasteiger partial charge in [0.05, 0.1) is 13.0 Å². The van der Waals surface area contributed by atoms with Crippen LogP contribution in [0.15, 0.2) is 30.3 Å². The Morgan fingerprint density at radius 3 is 2.41 bits per heavy atom. The second kappa shape index (κ2) is 10.8. The van der Waals surface area contributed by atoms with Gasteiger partial charge in [-0.25, -0.2) is 4.79 Å². The van der Waals surface area contributed by atoms with Gasteiger partial charge < -0.3 is 14.8 Å². The van der Waals surface area contributed by atoms with Crippen molar-refractivity contribution >= 4 is 34.5 Å². The Morgan fingerprint density at radius 2 is 1.85 bits per heavy atom. The van der Waals surface area contributed by atoms with Crippen LogP contribution in [0.3, 0.4) is 0 Å². The number of alkyl carbamates (subject to hydrolysis) is 1. The highest BCUT2D eigenvalue weighted by Crippen LogP contribution is 2.28. The zero-order valence-electron chi connectivity index (χ0n) is 15.5. The Balaban J connectivity index is 2.47. The van der Waals surface area contributed by atoms with E-state index in [0.717, 1.165) is 17.3 Å². The number of ether oxygens (including phenoxy) is 2. The van der Waals surface area contributed by atoms with Crippen molar-refractivity contribution in [3.63, 3.8) is 0 Å².